The number of fused-ring (bicyclic) bond motifs is 1. The van der Waals surface area contributed by atoms with Gasteiger partial charge in [0.2, 0.25) is 5.91 Å². The number of imidazole rings is 1. The molecule has 0 saturated carbocycles. The van der Waals surface area contributed by atoms with E-state index in [2.05, 4.69) is 4.57 Å². The molecule has 0 spiro atoms. The molecule has 0 N–H and O–H groups in total. The quantitative estimate of drug-likeness (QED) is 0.487. The topological polar surface area (TPSA) is 38.1 Å². The van der Waals surface area contributed by atoms with Gasteiger partial charge < -0.3 is 9.47 Å². The van der Waals surface area contributed by atoms with Crippen LogP contribution in [0.1, 0.15) is 23.7 Å². The van der Waals surface area contributed by atoms with Gasteiger partial charge in [0.1, 0.15) is 17.5 Å². The molecule has 0 radical (unpaired) electrons. The van der Waals surface area contributed by atoms with Gasteiger partial charge in [-0.2, -0.15) is 0 Å². The van der Waals surface area contributed by atoms with Crippen LogP contribution >= 0.6 is 0 Å². The number of hydrogen-bond donors (Lipinski definition) is 0. The molecule has 4 aromatic rings. The number of anilines is 1. The lowest BCUT2D eigenvalue weighted by atomic mass is 10.1. The molecule has 4 nitrogen and oxygen atoms in total. The molecule has 1 aliphatic rings. The first kappa shape index (κ1) is 18.5. The summed E-state index contributed by atoms with van der Waals surface area (Å²) >= 11 is 0. The van der Waals surface area contributed by atoms with Gasteiger partial charge in [0, 0.05) is 25.4 Å². The molecule has 1 unspecified atom stereocenters. The summed E-state index contributed by atoms with van der Waals surface area (Å²) < 4.78 is 29.7. The average Bonchev–Trinajstić information content (AvgIpc) is 3.31. The van der Waals surface area contributed by atoms with Gasteiger partial charge in [0.25, 0.3) is 0 Å². The highest BCUT2D eigenvalue weighted by atomic mass is 19.1. The van der Waals surface area contributed by atoms with Gasteiger partial charge in [0.05, 0.1) is 16.7 Å². The van der Waals surface area contributed by atoms with Crippen molar-refractivity contribution in [2.45, 2.75) is 18.9 Å². The summed E-state index contributed by atoms with van der Waals surface area (Å²) in [5.74, 6) is -0.189. The van der Waals surface area contributed by atoms with Gasteiger partial charge >= 0.3 is 0 Å². The van der Waals surface area contributed by atoms with Crippen molar-refractivity contribution in [3.8, 4) is 0 Å². The van der Waals surface area contributed by atoms with E-state index in [-0.39, 0.29) is 24.1 Å². The lowest BCUT2D eigenvalue weighted by Crippen LogP contribution is -2.25. The van der Waals surface area contributed by atoms with Gasteiger partial charge in [-0.1, -0.05) is 36.4 Å². The second-order valence-corrected chi connectivity index (χ2v) is 7.53. The van der Waals surface area contributed by atoms with Crippen molar-refractivity contribution in [1.29, 1.82) is 0 Å². The van der Waals surface area contributed by atoms with Crippen LogP contribution in [0, 0.1) is 11.6 Å². The van der Waals surface area contributed by atoms with E-state index in [0.29, 0.717) is 18.8 Å². The van der Waals surface area contributed by atoms with E-state index in [9.17, 15) is 13.6 Å². The van der Waals surface area contributed by atoms with Crippen LogP contribution in [0.3, 0.4) is 0 Å². The Morgan fingerprint density at radius 2 is 1.67 bits per heavy atom. The highest BCUT2D eigenvalue weighted by Crippen LogP contribution is 2.34. The first-order valence-corrected chi connectivity index (χ1v) is 9.84. The number of carbonyl (C=O) groups excluding carboxylic acids is 1. The van der Waals surface area contributed by atoms with Crippen LogP contribution in [0.2, 0.25) is 0 Å². The fourth-order valence-corrected chi connectivity index (χ4v) is 4.13. The van der Waals surface area contributed by atoms with Crippen LogP contribution in [-0.2, 0) is 11.3 Å². The van der Waals surface area contributed by atoms with Gasteiger partial charge in [-0.25, -0.2) is 13.8 Å². The summed E-state index contributed by atoms with van der Waals surface area (Å²) in [5, 5.41) is 0. The minimum atomic E-state index is -0.411. The van der Waals surface area contributed by atoms with Crippen LogP contribution in [0.4, 0.5) is 14.5 Å². The molecule has 1 aliphatic heterocycles. The highest BCUT2D eigenvalue weighted by Gasteiger charge is 2.35. The van der Waals surface area contributed by atoms with E-state index < -0.39 is 5.82 Å². The van der Waals surface area contributed by atoms with Gasteiger partial charge in [-0.05, 0) is 42.0 Å². The molecule has 150 valence electrons. The smallest absolute Gasteiger partial charge is 0.227 e. The largest absolute Gasteiger partial charge is 0.323 e. The summed E-state index contributed by atoms with van der Waals surface area (Å²) in [6.45, 7) is 0.882. The van der Waals surface area contributed by atoms with E-state index in [0.717, 1.165) is 22.4 Å². The zero-order chi connectivity index (χ0) is 20.7. The molecule has 6 heteroatoms. The molecule has 1 fully saturated rings. The Bertz CT molecular complexity index is 1230. The third-order valence-electron chi connectivity index (χ3n) is 5.57. The van der Waals surface area contributed by atoms with Crippen molar-refractivity contribution in [2.75, 3.05) is 11.4 Å². The lowest BCUT2D eigenvalue weighted by Gasteiger charge is -2.18. The first-order valence-electron chi connectivity index (χ1n) is 9.84. The normalized spacial score (nSPS) is 16.5. The zero-order valence-corrected chi connectivity index (χ0v) is 16.1. The van der Waals surface area contributed by atoms with E-state index in [4.69, 9.17) is 4.98 Å². The van der Waals surface area contributed by atoms with Crippen molar-refractivity contribution >= 4 is 22.6 Å². The van der Waals surface area contributed by atoms with Crippen LogP contribution in [0.5, 0.6) is 0 Å². The Morgan fingerprint density at radius 1 is 0.933 bits per heavy atom. The Balaban J connectivity index is 1.53. The third kappa shape index (κ3) is 3.24. The molecule has 0 aliphatic carbocycles. The molecule has 30 heavy (non-hydrogen) atoms. The lowest BCUT2D eigenvalue weighted by molar-refractivity contribution is -0.117. The van der Waals surface area contributed by atoms with Gasteiger partial charge in [-0.3, -0.25) is 4.79 Å². The van der Waals surface area contributed by atoms with Gasteiger partial charge in [0.15, 0.2) is 0 Å². The number of benzene rings is 3. The number of rotatable bonds is 4. The second kappa shape index (κ2) is 7.37. The molecule has 0 bridgehead atoms. The van der Waals surface area contributed by atoms with Crippen LogP contribution < -0.4 is 4.90 Å². The third-order valence-corrected chi connectivity index (χ3v) is 5.57. The molecule has 5 rings (SSSR count). The van der Waals surface area contributed by atoms with Crippen molar-refractivity contribution in [3.05, 3.63) is 95.8 Å². The van der Waals surface area contributed by atoms with E-state index >= 15 is 0 Å². The molecule has 3 aromatic carbocycles. The summed E-state index contributed by atoms with van der Waals surface area (Å²) in [7, 11) is 0. The number of carbonyl (C=O) groups is 1. The van der Waals surface area contributed by atoms with Crippen molar-refractivity contribution in [1.82, 2.24) is 9.55 Å². The monoisotopic (exact) mass is 403 g/mol. The molecular formula is C24H19F2N3O. The van der Waals surface area contributed by atoms with Crippen molar-refractivity contribution < 1.29 is 13.6 Å². The number of amides is 1. The van der Waals surface area contributed by atoms with Crippen molar-refractivity contribution in [3.63, 3.8) is 0 Å². The standard InChI is InChI=1S/C24H19F2N3O/c25-18-11-9-16(10-12-18)14-29-22-8-4-2-6-20(22)27-24(29)17-13-23(30)28(15-17)21-7-3-1-5-19(21)26/h1-12,17H,13-15H2. The zero-order valence-electron chi connectivity index (χ0n) is 16.1. The summed E-state index contributed by atoms with van der Waals surface area (Å²) in [5.41, 5.74) is 3.03. The molecule has 1 saturated heterocycles. The number of hydrogen-bond acceptors (Lipinski definition) is 2. The van der Waals surface area contributed by atoms with E-state index in [1.54, 1.807) is 30.3 Å². The number of aromatic nitrogens is 2. The Kier molecular flexibility index (Phi) is 4.54. The Morgan fingerprint density at radius 3 is 2.47 bits per heavy atom. The number of nitrogens with zero attached hydrogens (tertiary/aromatic N) is 3. The number of halogens is 2. The minimum absolute atomic E-state index is 0.120. The molecule has 1 atom stereocenters. The van der Waals surface area contributed by atoms with Crippen LogP contribution in [0.25, 0.3) is 11.0 Å². The fraction of sp³-hybridized carbons (Fsp3) is 0.167. The van der Waals surface area contributed by atoms with Crippen LogP contribution in [0.15, 0.2) is 72.8 Å². The summed E-state index contributed by atoms with van der Waals surface area (Å²) in [4.78, 5) is 19.0. The van der Waals surface area contributed by atoms with Crippen molar-refractivity contribution in [2.24, 2.45) is 0 Å². The number of para-hydroxylation sites is 3. The maximum atomic E-state index is 14.3. The molecular weight excluding hydrogens is 384 g/mol. The molecule has 1 aromatic heterocycles. The predicted molar refractivity (Wildman–Crippen MR) is 111 cm³/mol. The maximum absolute atomic E-state index is 14.3. The van der Waals surface area contributed by atoms with Crippen LogP contribution in [-0.4, -0.2) is 22.0 Å². The average molecular weight is 403 g/mol. The highest BCUT2D eigenvalue weighted by molar-refractivity contribution is 5.96. The summed E-state index contributed by atoms with van der Waals surface area (Å²) in [6.07, 6.45) is 0.265. The minimum Gasteiger partial charge on any atom is -0.323 e. The maximum Gasteiger partial charge on any atom is 0.227 e. The SMILES string of the molecule is O=C1CC(c2nc3ccccc3n2Cc2ccc(F)cc2)CN1c1ccccc1F. The molecule has 1 amide bonds. The van der Waals surface area contributed by atoms with E-state index in [1.807, 2.05) is 24.3 Å². The summed E-state index contributed by atoms with van der Waals surface area (Å²) in [6, 6.07) is 20.5. The Labute approximate surface area is 172 Å². The van der Waals surface area contributed by atoms with E-state index in [1.165, 1.54) is 23.1 Å². The second-order valence-electron chi connectivity index (χ2n) is 7.53. The fourth-order valence-electron chi connectivity index (χ4n) is 4.13. The molecule has 2 heterocycles. The van der Waals surface area contributed by atoms with Gasteiger partial charge in [-0.15, -0.1) is 0 Å². The Hall–Kier alpha value is -3.54. The predicted octanol–water partition coefficient (Wildman–Crippen LogP) is 4.88. The first-order chi connectivity index (χ1) is 14.6.